The molecule has 1 atom stereocenters. The van der Waals surface area contributed by atoms with Crippen molar-refractivity contribution in [3.63, 3.8) is 0 Å². The van der Waals surface area contributed by atoms with Crippen molar-refractivity contribution < 1.29 is 0 Å². The van der Waals surface area contributed by atoms with Gasteiger partial charge in [0.2, 0.25) is 0 Å². The highest BCUT2D eigenvalue weighted by Crippen LogP contribution is 2.16. The molecule has 1 rings (SSSR count). The number of hydrogen-bond acceptors (Lipinski definition) is 3. The second-order valence-electron chi connectivity index (χ2n) is 3.32. The van der Waals surface area contributed by atoms with Crippen LogP contribution in [-0.4, -0.2) is 29.6 Å². The average molecular weight is 245 g/mol. The van der Waals surface area contributed by atoms with Crippen LogP contribution < -0.4 is 5.32 Å². The Kier molecular flexibility index (Phi) is 6.06. The van der Waals surface area contributed by atoms with Crippen molar-refractivity contribution in [2.45, 2.75) is 19.4 Å². The third-order valence-electron chi connectivity index (χ3n) is 2.25. The number of halogens is 1. The Morgan fingerprint density at radius 3 is 3.00 bits per heavy atom. The number of nitrogens with zero attached hydrogens (tertiary/aromatic N) is 1. The van der Waals surface area contributed by atoms with Crippen molar-refractivity contribution in [1.82, 2.24) is 10.3 Å². The normalized spacial score (nSPS) is 12.7. The lowest BCUT2D eigenvalue weighted by atomic mass is 10.1. The van der Waals surface area contributed by atoms with E-state index in [-0.39, 0.29) is 0 Å². The summed E-state index contributed by atoms with van der Waals surface area (Å²) in [5.41, 5.74) is 1.17. The van der Waals surface area contributed by atoms with Crippen molar-refractivity contribution in [1.29, 1.82) is 0 Å². The molecule has 0 amide bonds. The monoisotopic (exact) mass is 244 g/mol. The highest BCUT2D eigenvalue weighted by Gasteiger charge is 2.09. The number of pyridine rings is 1. The summed E-state index contributed by atoms with van der Waals surface area (Å²) in [6, 6.07) is 2.47. The molecule has 0 spiro atoms. The third kappa shape index (κ3) is 4.41. The zero-order valence-electron chi connectivity index (χ0n) is 9.16. The van der Waals surface area contributed by atoms with Crippen molar-refractivity contribution in [3.05, 3.63) is 29.0 Å². The fourth-order valence-corrected chi connectivity index (χ4v) is 2.34. The second-order valence-corrected chi connectivity index (χ2v) is 5.04. The molecule has 0 aliphatic carbocycles. The summed E-state index contributed by atoms with van der Waals surface area (Å²) >= 11 is 8.01. The quantitative estimate of drug-likeness (QED) is 0.833. The van der Waals surface area contributed by atoms with Gasteiger partial charge in [-0.05, 0) is 30.9 Å². The maximum Gasteiger partial charge on any atom is 0.0621 e. The van der Waals surface area contributed by atoms with E-state index in [0.717, 1.165) is 22.9 Å². The van der Waals surface area contributed by atoms with Gasteiger partial charge in [0.1, 0.15) is 0 Å². The van der Waals surface area contributed by atoms with Gasteiger partial charge in [-0.25, -0.2) is 0 Å². The fourth-order valence-electron chi connectivity index (χ4n) is 1.34. The SMILES string of the molecule is CCSCC(Cc1ccncc1Cl)NC. The summed E-state index contributed by atoms with van der Waals surface area (Å²) in [7, 11) is 2.00. The Morgan fingerprint density at radius 2 is 2.40 bits per heavy atom. The molecule has 15 heavy (non-hydrogen) atoms. The highest BCUT2D eigenvalue weighted by atomic mass is 35.5. The van der Waals surface area contributed by atoms with E-state index in [1.165, 1.54) is 5.56 Å². The van der Waals surface area contributed by atoms with Crippen LogP contribution in [0.5, 0.6) is 0 Å². The summed E-state index contributed by atoms with van der Waals surface area (Å²) in [5, 5.41) is 4.08. The number of nitrogens with one attached hydrogen (secondary N) is 1. The minimum atomic E-state index is 0.481. The zero-order chi connectivity index (χ0) is 11.1. The van der Waals surface area contributed by atoms with Gasteiger partial charge >= 0.3 is 0 Å². The van der Waals surface area contributed by atoms with E-state index < -0.39 is 0 Å². The molecule has 1 aromatic rings. The standard InChI is InChI=1S/C11H17ClN2S/c1-3-15-8-10(13-2)6-9-4-5-14-7-11(9)12/h4-5,7,10,13H,3,6,8H2,1-2H3. The molecule has 0 aliphatic heterocycles. The number of likely N-dealkylation sites (N-methyl/N-ethyl adjacent to an activating group) is 1. The predicted octanol–water partition coefficient (Wildman–Crippen LogP) is 2.62. The number of thioether (sulfide) groups is 1. The van der Waals surface area contributed by atoms with Crippen LogP contribution in [0.2, 0.25) is 5.02 Å². The Morgan fingerprint density at radius 1 is 1.60 bits per heavy atom. The van der Waals surface area contributed by atoms with Crippen LogP contribution in [0.3, 0.4) is 0 Å². The van der Waals surface area contributed by atoms with Crippen LogP contribution in [-0.2, 0) is 6.42 Å². The Hall–Kier alpha value is -0.250. The summed E-state index contributed by atoms with van der Waals surface area (Å²) in [5.74, 6) is 2.27. The minimum Gasteiger partial charge on any atom is -0.316 e. The first-order valence-electron chi connectivity index (χ1n) is 5.11. The lowest BCUT2D eigenvalue weighted by Gasteiger charge is -2.15. The van der Waals surface area contributed by atoms with E-state index in [2.05, 4.69) is 17.2 Å². The topological polar surface area (TPSA) is 24.9 Å². The second kappa shape index (κ2) is 7.09. The molecule has 0 aliphatic rings. The van der Waals surface area contributed by atoms with Gasteiger partial charge in [0.05, 0.1) is 5.02 Å². The molecular formula is C11H17ClN2S. The van der Waals surface area contributed by atoms with E-state index in [0.29, 0.717) is 6.04 Å². The Labute approximate surface area is 101 Å². The molecule has 0 radical (unpaired) electrons. The molecule has 4 heteroatoms. The average Bonchev–Trinajstić information content (AvgIpc) is 2.26. The van der Waals surface area contributed by atoms with Gasteiger partial charge in [-0.1, -0.05) is 18.5 Å². The van der Waals surface area contributed by atoms with E-state index >= 15 is 0 Å². The molecule has 1 heterocycles. The number of rotatable bonds is 6. The predicted molar refractivity (Wildman–Crippen MR) is 68.8 cm³/mol. The van der Waals surface area contributed by atoms with Crippen molar-refractivity contribution in [2.75, 3.05) is 18.6 Å². The van der Waals surface area contributed by atoms with Gasteiger partial charge < -0.3 is 5.32 Å². The van der Waals surface area contributed by atoms with Gasteiger partial charge in [-0.3, -0.25) is 4.98 Å². The number of hydrogen-bond donors (Lipinski definition) is 1. The zero-order valence-corrected chi connectivity index (χ0v) is 10.7. The van der Waals surface area contributed by atoms with E-state index in [4.69, 9.17) is 11.6 Å². The summed E-state index contributed by atoms with van der Waals surface area (Å²) in [6.45, 7) is 2.18. The minimum absolute atomic E-state index is 0.481. The van der Waals surface area contributed by atoms with Crippen molar-refractivity contribution >= 4 is 23.4 Å². The van der Waals surface area contributed by atoms with Crippen LogP contribution in [0.1, 0.15) is 12.5 Å². The smallest absolute Gasteiger partial charge is 0.0621 e. The molecule has 1 unspecified atom stereocenters. The molecule has 0 saturated carbocycles. The third-order valence-corrected chi connectivity index (χ3v) is 3.64. The maximum absolute atomic E-state index is 6.06. The van der Waals surface area contributed by atoms with Crippen LogP contribution in [0.25, 0.3) is 0 Å². The van der Waals surface area contributed by atoms with Crippen LogP contribution in [0, 0.1) is 0 Å². The highest BCUT2D eigenvalue weighted by molar-refractivity contribution is 7.99. The van der Waals surface area contributed by atoms with Gasteiger partial charge in [0.25, 0.3) is 0 Å². The van der Waals surface area contributed by atoms with E-state index in [1.807, 2.05) is 24.9 Å². The first-order chi connectivity index (χ1) is 7.27. The molecule has 1 N–H and O–H groups in total. The van der Waals surface area contributed by atoms with Gasteiger partial charge in [0.15, 0.2) is 0 Å². The lowest BCUT2D eigenvalue weighted by Crippen LogP contribution is -2.30. The summed E-state index contributed by atoms with van der Waals surface area (Å²) in [6.07, 6.45) is 4.46. The molecule has 1 aromatic heterocycles. The van der Waals surface area contributed by atoms with Crippen LogP contribution >= 0.6 is 23.4 Å². The molecule has 0 fully saturated rings. The molecule has 0 aromatic carbocycles. The lowest BCUT2D eigenvalue weighted by molar-refractivity contribution is 0.617. The molecule has 0 saturated heterocycles. The molecule has 2 nitrogen and oxygen atoms in total. The van der Waals surface area contributed by atoms with Crippen LogP contribution in [0.4, 0.5) is 0 Å². The fraction of sp³-hybridized carbons (Fsp3) is 0.545. The Bertz CT molecular complexity index is 294. The first kappa shape index (κ1) is 12.8. The first-order valence-corrected chi connectivity index (χ1v) is 6.64. The van der Waals surface area contributed by atoms with E-state index in [1.54, 1.807) is 12.4 Å². The molecular weight excluding hydrogens is 228 g/mol. The molecule has 0 bridgehead atoms. The molecule has 84 valence electrons. The van der Waals surface area contributed by atoms with Gasteiger partial charge in [-0.15, -0.1) is 0 Å². The summed E-state index contributed by atoms with van der Waals surface area (Å²) in [4.78, 5) is 3.98. The van der Waals surface area contributed by atoms with Crippen molar-refractivity contribution in [3.8, 4) is 0 Å². The van der Waals surface area contributed by atoms with Gasteiger partial charge in [-0.2, -0.15) is 11.8 Å². The summed E-state index contributed by atoms with van der Waals surface area (Å²) < 4.78 is 0. The maximum atomic E-state index is 6.06. The Balaban J connectivity index is 2.54. The largest absolute Gasteiger partial charge is 0.316 e. The van der Waals surface area contributed by atoms with Crippen LogP contribution in [0.15, 0.2) is 18.5 Å². The number of aromatic nitrogens is 1. The van der Waals surface area contributed by atoms with E-state index in [9.17, 15) is 0 Å². The van der Waals surface area contributed by atoms with Gasteiger partial charge in [0, 0.05) is 24.2 Å². The van der Waals surface area contributed by atoms with Crippen molar-refractivity contribution in [2.24, 2.45) is 0 Å².